The van der Waals surface area contributed by atoms with Crippen LogP contribution < -0.4 is 0 Å². The molecule has 0 unspecified atom stereocenters. The molecule has 5 nitrogen and oxygen atoms in total. The summed E-state index contributed by atoms with van der Waals surface area (Å²) in [4.78, 5) is 7.63. The molecule has 0 aromatic carbocycles. The molecule has 0 spiro atoms. The summed E-state index contributed by atoms with van der Waals surface area (Å²) in [6.45, 7) is 4.00. The van der Waals surface area contributed by atoms with Crippen LogP contribution in [-0.4, -0.2) is 24.3 Å². The van der Waals surface area contributed by atoms with Crippen molar-refractivity contribution in [3.05, 3.63) is 34.5 Å². The Morgan fingerprint density at radius 3 is 2.78 bits per heavy atom. The van der Waals surface area contributed by atoms with E-state index in [1.807, 2.05) is 37.7 Å². The molecule has 6 heteroatoms. The fraction of sp³-hybridized carbons (Fsp3) is 0.250. The average molecular weight is 259 g/mol. The molecule has 0 saturated carbocycles. The Morgan fingerprint density at radius 2 is 2.11 bits per heavy atom. The fourth-order valence-corrected chi connectivity index (χ4v) is 2.44. The molecular weight excluding hydrogens is 246 g/mol. The van der Waals surface area contributed by atoms with Crippen molar-refractivity contribution in [3.63, 3.8) is 0 Å². The molecule has 3 aromatic rings. The first-order chi connectivity index (χ1) is 8.58. The Labute approximate surface area is 109 Å². The molecule has 0 atom stereocenters. The Hall–Kier alpha value is -1.95. The highest BCUT2D eigenvalue weighted by Gasteiger charge is 2.13. The number of rotatable bonds is 1. The van der Waals surface area contributed by atoms with Gasteiger partial charge in [-0.1, -0.05) is 0 Å². The number of fused-ring (bicyclic) bond motifs is 1. The van der Waals surface area contributed by atoms with E-state index < -0.39 is 0 Å². The second kappa shape index (κ2) is 3.78. The maximum atomic E-state index is 5.39. The normalized spacial score (nSPS) is 11.3. The van der Waals surface area contributed by atoms with Crippen molar-refractivity contribution in [2.45, 2.75) is 13.8 Å². The molecule has 0 aliphatic heterocycles. The van der Waals surface area contributed by atoms with E-state index in [0.29, 0.717) is 4.77 Å². The van der Waals surface area contributed by atoms with E-state index in [9.17, 15) is 0 Å². The third-order valence-corrected chi connectivity index (χ3v) is 3.30. The molecule has 92 valence electrons. The number of aromatic amines is 1. The first-order valence-corrected chi connectivity index (χ1v) is 6.05. The van der Waals surface area contributed by atoms with Gasteiger partial charge in [0.2, 0.25) is 0 Å². The predicted molar refractivity (Wildman–Crippen MR) is 72.5 cm³/mol. The first kappa shape index (κ1) is 11.2. The largest absolute Gasteiger partial charge is 0.329 e. The minimum atomic E-state index is 0.642. The molecule has 18 heavy (non-hydrogen) atoms. The van der Waals surface area contributed by atoms with Gasteiger partial charge >= 0.3 is 0 Å². The standard InChI is InChI=1S/C12H13N5S/c1-7-4-5-13-11-10(7)14-12(18)17(11)9-6-16(3)15-8(9)2/h4-6H,1-3H3,(H,14,18). The van der Waals surface area contributed by atoms with Crippen molar-refractivity contribution >= 4 is 23.4 Å². The highest BCUT2D eigenvalue weighted by atomic mass is 32.1. The van der Waals surface area contributed by atoms with Crippen LogP contribution in [0.3, 0.4) is 0 Å². The molecule has 0 aliphatic carbocycles. The van der Waals surface area contributed by atoms with Crippen LogP contribution in [-0.2, 0) is 7.05 Å². The summed E-state index contributed by atoms with van der Waals surface area (Å²) >= 11 is 5.39. The monoisotopic (exact) mass is 259 g/mol. The number of aryl methyl sites for hydroxylation is 3. The third-order valence-electron chi connectivity index (χ3n) is 3.01. The number of hydrogen-bond acceptors (Lipinski definition) is 3. The number of nitrogens with one attached hydrogen (secondary N) is 1. The molecular formula is C12H13N5S. The summed E-state index contributed by atoms with van der Waals surface area (Å²) in [5.74, 6) is 0. The van der Waals surface area contributed by atoms with Crippen LogP contribution in [0.15, 0.2) is 18.5 Å². The van der Waals surface area contributed by atoms with Crippen molar-refractivity contribution in [3.8, 4) is 5.69 Å². The van der Waals surface area contributed by atoms with Gasteiger partial charge in [0.1, 0.15) is 0 Å². The Balaban J connectivity index is 2.43. The quantitative estimate of drug-likeness (QED) is 0.683. The topological polar surface area (TPSA) is 51.4 Å². The zero-order valence-corrected chi connectivity index (χ0v) is 11.2. The first-order valence-electron chi connectivity index (χ1n) is 5.65. The lowest BCUT2D eigenvalue weighted by atomic mass is 10.3. The van der Waals surface area contributed by atoms with Gasteiger partial charge < -0.3 is 4.98 Å². The van der Waals surface area contributed by atoms with E-state index in [2.05, 4.69) is 15.1 Å². The van der Waals surface area contributed by atoms with Gasteiger partial charge in [-0.25, -0.2) is 4.98 Å². The second-order valence-corrected chi connectivity index (χ2v) is 4.75. The summed E-state index contributed by atoms with van der Waals surface area (Å²) in [5.41, 5.74) is 4.85. The molecule has 0 saturated heterocycles. The maximum absolute atomic E-state index is 5.39. The Bertz CT molecular complexity index is 793. The molecule has 0 radical (unpaired) electrons. The number of aromatic nitrogens is 5. The fourth-order valence-electron chi connectivity index (χ4n) is 2.16. The lowest BCUT2D eigenvalue weighted by molar-refractivity contribution is 0.756. The van der Waals surface area contributed by atoms with Crippen molar-refractivity contribution < 1.29 is 0 Å². The van der Waals surface area contributed by atoms with Gasteiger partial charge in [-0.3, -0.25) is 9.25 Å². The zero-order valence-electron chi connectivity index (χ0n) is 10.4. The number of imidazole rings is 1. The molecule has 3 rings (SSSR count). The van der Waals surface area contributed by atoms with Crippen LogP contribution in [0, 0.1) is 18.6 Å². The summed E-state index contributed by atoms with van der Waals surface area (Å²) < 4.78 is 4.35. The van der Waals surface area contributed by atoms with Crippen molar-refractivity contribution in [2.24, 2.45) is 7.05 Å². The van der Waals surface area contributed by atoms with Gasteiger partial charge in [-0.05, 0) is 37.7 Å². The third kappa shape index (κ3) is 1.49. The van der Waals surface area contributed by atoms with E-state index in [4.69, 9.17) is 12.2 Å². The maximum Gasteiger partial charge on any atom is 0.184 e. The number of nitrogens with zero attached hydrogens (tertiary/aromatic N) is 4. The van der Waals surface area contributed by atoms with Gasteiger partial charge in [0.05, 0.1) is 16.9 Å². The molecule has 0 amide bonds. The molecule has 3 heterocycles. The predicted octanol–water partition coefficient (Wildman–Crippen LogP) is 2.43. The lowest BCUT2D eigenvalue weighted by Gasteiger charge is -2.01. The summed E-state index contributed by atoms with van der Waals surface area (Å²) in [5, 5.41) is 4.35. The molecule has 0 fully saturated rings. The van der Waals surface area contributed by atoms with Gasteiger partial charge in [-0.2, -0.15) is 5.10 Å². The van der Waals surface area contributed by atoms with Crippen LogP contribution in [0.25, 0.3) is 16.9 Å². The van der Waals surface area contributed by atoms with E-state index in [1.54, 1.807) is 10.9 Å². The summed E-state index contributed by atoms with van der Waals surface area (Å²) in [7, 11) is 1.90. The van der Waals surface area contributed by atoms with E-state index in [0.717, 1.165) is 28.1 Å². The van der Waals surface area contributed by atoms with Crippen molar-refractivity contribution in [1.82, 2.24) is 24.3 Å². The van der Waals surface area contributed by atoms with E-state index in [-0.39, 0.29) is 0 Å². The van der Waals surface area contributed by atoms with Gasteiger partial charge in [-0.15, -0.1) is 0 Å². The van der Waals surface area contributed by atoms with Crippen molar-refractivity contribution in [1.29, 1.82) is 0 Å². The van der Waals surface area contributed by atoms with Gasteiger partial charge in [0.15, 0.2) is 10.4 Å². The smallest absolute Gasteiger partial charge is 0.184 e. The Kier molecular flexibility index (Phi) is 2.34. The second-order valence-electron chi connectivity index (χ2n) is 4.37. The number of pyridine rings is 1. The highest BCUT2D eigenvalue weighted by Crippen LogP contribution is 2.21. The van der Waals surface area contributed by atoms with Crippen molar-refractivity contribution in [2.75, 3.05) is 0 Å². The molecule has 0 aliphatic rings. The number of hydrogen-bond donors (Lipinski definition) is 1. The number of H-pyrrole nitrogens is 1. The van der Waals surface area contributed by atoms with E-state index >= 15 is 0 Å². The summed E-state index contributed by atoms with van der Waals surface area (Å²) in [6, 6.07) is 1.97. The minimum absolute atomic E-state index is 0.642. The van der Waals surface area contributed by atoms with Crippen LogP contribution >= 0.6 is 12.2 Å². The molecule has 1 N–H and O–H groups in total. The summed E-state index contributed by atoms with van der Waals surface area (Å²) in [6.07, 6.45) is 3.74. The zero-order chi connectivity index (χ0) is 12.9. The highest BCUT2D eigenvalue weighted by molar-refractivity contribution is 7.71. The van der Waals surface area contributed by atoms with Crippen LogP contribution in [0.1, 0.15) is 11.3 Å². The molecule has 3 aromatic heterocycles. The lowest BCUT2D eigenvalue weighted by Crippen LogP contribution is -1.96. The van der Waals surface area contributed by atoms with E-state index in [1.165, 1.54) is 0 Å². The van der Waals surface area contributed by atoms with Crippen LogP contribution in [0.2, 0.25) is 0 Å². The SMILES string of the molecule is Cc1nn(C)cc1-n1c(=S)[nH]c2c(C)ccnc21. The van der Waals surface area contributed by atoms with Gasteiger partial charge in [0.25, 0.3) is 0 Å². The minimum Gasteiger partial charge on any atom is -0.329 e. The van der Waals surface area contributed by atoms with Gasteiger partial charge in [0, 0.05) is 19.4 Å². The van der Waals surface area contributed by atoms with Crippen LogP contribution in [0.4, 0.5) is 0 Å². The average Bonchev–Trinajstić information content (AvgIpc) is 2.79. The van der Waals surface area contributed by atoms with Crippen LogP contribution in [0.5, 0.6) is 0 Å². The Morgan fingerprint density at radius 1 is 1.33 bits per heavy atom. The molecule has 0 bridgehead atoms.